The largest absolute Gasteiger partial charge is 0.458 e. The Kier molecular flexibility index (Phi) is 5.61. The van der Waals surface area contributed by atoms with E-state index in [-0.39, 0.29) is 24.2 Å². The third-order valence-corrected chi connectivity index (χ3v) is 4.52. The third-order valence-electron chi connectivity index (χ3n) is 3.35. The first kappa shape index (κ1) is 18.0. The Morgan fingerprint density at radius 3 is 2.75 bits per heavy atom. The zero-order valence-corrected chi connectivity index (χ0v) is 14.8. The summed E-state index contributed by atoms with van der Waals surface area (Å²) in [6, 6.07) is 6.47. The molecule has 0 N–H and O–H groups in total. The van der Waals surface area contributed by atoms with Crippen LogP contribution in [0.3, 0.4) is 0 Å². The van der Waals surface area contributed by atoms with Crippen molar-refractivity contribution in [1.29, 1.82) is 0 Å². The lowest BCUT2D eigenvalue weighted by molar-refractivity contribution is -0.385. The minimum absolute atomic E-state index is 0.0494. The number of rotatable bonds is 6. The molecule has 7 nitrogen and oxygen atoms in total. The number of imidazole rings is 1. The van der Waals surface area contributed by atoms with Gasteiger partial charge in [-0.05, 0) is 12.0 Å². The van der Waals surface area contributed by atoms with Gasteiger partial charge in [-0.1, -0.05) is 31.7 Å². The van der Waals surface area contributed by atoms with Crippen LogP contribution >= 0.6 is 11.8 Å². The summed E-state index contributed by atoms with van der Waals surface area (Å²) < 4.78 is 6.90. The average molecular weight is 349 g/mol. The zero-order chi connectivity index (χ0) is 17.9. The van der Waals surface area contributed by atoms with E-state index in [2.05, 4.69) is 4.98 Å². The second-order valence-electron chi connectivity index (χ2n) is 5.57. The van der Waals surface area contributed by atoms with E-state index in [1.54, 1.807) is 6.07 Å². The molecule has 0 saturated heterocycles. The van der Waals surface area contributed by atoms with Crippen LogP contribution in [0.2, 0.25) is 0 Å². The molecule has 1 heterocycles. The van der Waals surface area contributed by atoms with E-state index in [4.69, 9.17) is 4.74 Å². The van der Waals surface area contributed by atoms with Crippen molar-refractivity contribution in [2.24, 2.45) is 7.05 Å². The lowest BCUT2D eigenvalue weighted by Gasteiger charge is -2.08. The predicted molar refractivity (Wildman–Crippen MR) is 90.0 cm³/mol. The molecule has 0 atom stereocenters. The van der Waals surface area contributed by atoms with Crippen molar-refractivity contribution in [1.82, 2.24) is 9.55 Å². The van der Waals surface area contributed by atoms with E-state index in [0.29, 0.717) is 5.82 Å². The number of hydrogen-bond acceptors (Lipinski definition) is 6. The van der Waals surface area contributed by atoms with E-state index in [1.165, 1.54) is 30.8 Å². The predicted octanol–water partition coefficient (Wildman–Crippen LogP) is 3.67. The summed E-state index contributed by atoms with van der Waals surface area (Å²) in [5.74, 6) is 0.447. The summed E-state index contributed by atoms with van der Waals surface area (Å²) in [6.45, 7) is 5.50. The lowest BCUT2D eigenvalue weighted by atomic mass is 10.2. The maximum atomic E-state index is 11.0. The number of benzene rings is 1. The minimum atomic E-state index is -0.414. The number of carbonyl (C=O) groups is 1. The molecule has 0 bridgehead atoms. The van der Waals surface area contributed by atoms with Crippen molar-refractivity contribution in [3.8, 4) is 0 Å². The fourth-order valence-corrected chi connectivity index (χ4v) is 3.29. The van der Waals surface area contributed by atoms with Crippen LogP contribution in [0.15, 0.2) is 34.2 Å². The van der Waals surface area contributed by atoms with Crippen LogP contribution in [0.1, 0.15) is 38.2 Å². The molecule has 0 radical (unpaired) electrons. The molecule has 0 spiro atoms. The van der Waals surface area contributed by atoms with Crippen molar-refractivity contribution in [2.45, 2.75) is 43.2 Å². The van der Waals surface area contributed by atoms with E-state index in [9.17, 15) is 14.9 Å². The second kappa shape index (κ2) is 7.48. The number of nitro groups is 1. The van der Waals surface area contributed by atoms with Gasteiger partial charge < -0.3 is 9.30 Å². The van der Waals surface area contributed by atoms with E-state index >= 15 is 0 Å². The van der Waals surface area contributed by atoms with Gasteiger partial charge in [0.05, 0.1) is 10.6 Å². The normalized spacial score (nSPS) is 10.9. The second-order valence-corrected chi connectivity index (χ2v) is 6.63. The number of non-ortho nitro benzene ring substituents is 1. The highest BCUT2D eigenvalue weighted by Gasteiger charge is 2.19. The maximum Gasteiger partial charge on any atom is 0.303 e. The summed E-state index contributed by atoms with van der Waals surface area (Å²) in [7, 11) is 1.84. The summed E-state index contributed by atoms with van der Waals surface area (Å²) in [4.78, 5) is 26.9. The van der Waals surface area contributed by atoms with Crippen LogP contribution in [0.25, 0.3) is 0 Å². The number of nitro benzene ring substituents is 1. The van der Waals surface area contributed by atoms with Gasteiger partial charge in [-0.2, -0.15) is 0 Å². The Morgan fingerprint density at radius 2 is 2.17 bits per heavy atom. The van der Waals surface area contributed by atoms with E-state index in [0.717, 1.165) is 15.6 Å². The molecule has 2 rings (SSSR count). The van der Waals surface area contributed by atoms with Gasteiger partial charge in [0, 0.05) is 31.0 Å². The smallest absolute Gasteiger partial charge is 0.303 e. The highest BCUT2D eigenvalue weighted by Crippen LogP contribution is 2.35. The van der Waals surface area contributed by atoms with Gasteiger partial charge in [0.2, 0.25) is 0 Å². The molecule has 128 valence electrons. The molecule has 24 heavy (non-hydrogen) atoms. The number of esters is 1. The Hall–Kier alpha value is -2.35. The molecule has 1 aromatic heterocycles. The van der Waals surface area contributed by atoms with Gasteiger partial charge in [-0.15, -0.1) is 0 Å². The number of nitrogens with zero attached hydrogens (tertiary/aromatic N) is 3. The van der Waals surface area contributed by atoms with Crippen molar-refractivity contribution in [3.05, 3.63) is 45.9 Å². The number of hydrogen-bond donors (Lipinski definition) is 0. The number of carbonyl (C=O) groups excluding carboxylic acids is 1. The fourth-order valence-electron chi connectivity index (χ4n) is 2.12. The first-order valence-corrected chi connectivity index (χ1v) is 8.22. The van der Waals surface area contributed by atoms with Crippen molar-refractivity contribution < 1.29 is 14.5 Å². The Labute approximate surface area is 144 Å². The van der Waals surface area contributed by atoms with E-state index in [1.807, 2.05) is 31.5 Å². The van der Waals surface area contributed by atoms with Gasteiger partial charge >= 0.3 is 5.97 Å². The SMILES string of the molecule is CC(=O)OCc1nc(C(C)C)c(Sc2cccc([N+](=O)[O-])c2)n1C. The first-order valence-electron chi connectivity index (χ1n) is 7.40. The topological polar surface area (TPSA) is 87.3 Å². The Morgan fingerprint density at radius 1 is 1.46 bits per heavy atom. The molecule has 0 aliphatic rings. The molecule has 1 aromatic carbocycles. The van der Waals surface area contributed by atoms with Crippen LogP contribution in [0.5, 0.6) is 0 Å². The molecule has 8 heteroatoms. The molecular formula is C16H19N3O4S. The maximum absolute atomic E-state index is 11.0. The molecule has 0 fully saturated rings. The Balaban J connectivity index is 2.36. The molecule has 0 unspecified atom stereocenters. The lowest BCUT2D eigenvalue weighted by Crippen LogP contribution is -2.05. The molecular weight excluding hydrogens is 330 g/mol. The highest BCUT2D eigenvalue weighted by molar-refractivity contribution is 7.99. The van der Waals surface area contributed by atoms with Crippen molar-refractivity contribution >= 4 is 23.4 Å². The summed E-state index contributed by atoms with van der Waals surface area (Å²) in [5.41, 5.74) is 0.921. The minimum Gasteiger partial charge on any atom is -0.458 e. The number of aromatic nitrogens is 2. The fraction of sp³-hybridized carbons (Fsp3) is 0.375. The molecule has 0 aliphatic carbocycles. The standard InChI is InChI=1S/C16H19N3O4S/c1-10(2)15-16(18(4)14(17-15)9-23-11(3)20)24-13-7-5-6-12(8-13)19(21)22/h5-8,10H,9H2,1-4H3. The highest BCUT2D eigenvalue weighted by atomic mass is 32.2. The van der Waals surface area contributed by atoms with Crippen LogP contribution in [-0.2, 0) is 23.2 Å². The van der Waals surface area contributed by atoms with Gasteiger partial charge in [0.15, 0.2) is 0 Å². The summed E-state index contributed by atoms with van der Waals surface area (Å²) >= 11 is 1.41. The van der Waals surface area contributed by atoms with Crippen molar-refractivity contribution in [3.63, 3.8) is 0 Å². The first-order chi connectivity index (χ1) is 11.3. The zero-order valence-electron chi connectivity index (χ0n) is 14.0. The quantitative estimate of drug-likeness (QED) is 0.449. The van der Waals surface area contributed by atoms with Crippen LogP contribution in [0, 0.1) is 10.1 Å². The van der Waals surface area contributed by atoms with Crippen molar-refractivity contribution in [2.75, 3.05) is 0 Å². The number of ether oxygens (including phenoxy) is 1. The molecule has 2 aromatic rings. The summed E-state index contributed by atoms with van der Waals surface area (Å²) in [5, 5.41) is 11.8. The molecule has 0 aliphatic heterocycles. The average Bonchev–Trinajstić information content (AvgIpc) is 2.82. The van der Waals surface area contributed by atoms with Crippen LogP contribution in [0.4, 0.5) is 5.69 Å². The van der Waals surface area contributed by atoms with Crippen LogP contribution < -0.4 is 0 Å². The third kappa shape index (κ3) is 4.14. The van der Waals surface area contributed by atoms with Crippen LogP contribution in [-0.4, -0.2) is 20.4 Å². The van der Waals surface area contributed by atoms with Gasteiger partial charge in [-0.25, -0.2) is 4.98 Å². The molecule has 0 saturated carbocycles. The van der Waals surface area contributed by atoms with Gasteiger partial charge in [-0.3, -0.25) is 14.9 Å². The monoisotopic (exact) mass is 349 g/mol. The Bertz CT molecular complexity index is 771. The molecule has 0 amide bonds. The van der Waals surface area contributed by atoms with E-state index < -0.39 is 4.92 Å². The summed E-state index contributed by atoms with van der Waals surface area (Å²) in [6.07, 6.45) is 0. The van der Waals surface area contributed by atoms with Gasteiger partial charge in [0.25, 0.3) is 5.69 Å². The van der Waals surface area contributed by atoms with Gasteiger partial charge in [0.1, 0.15) is 17.5 Å².